The van der Waals surface area contributed by atoms with E-state index in [0.717, 1.165) is 12.1 Å². The molecule has 0 atom stereocenters. The zero-order valence-electron chi connectivity index (χ0n) is 15.6. The van der Waals surface area contributed by atoms with Crippen LogP contribution < -0.4 is 9.80 Å². The van der Waals surface area contributed by atoms with Crippen molar-refractivity contribution in [2.24, 2.45) is 0 Å². The molecule has 0 aliphatic carbocycles. The Morgan fingerprint density at radius 2 is 1.36 bits per heavy atom. The van der Waals surface area contributed by atoms with E-state index in [1.165, 1.54) is 29.2 Å². The fourth-order valence-corrected chi connectivity index (χ4v) is 4.08. The molecule has 9 nitrogen and oxygen atoms in total. The second-order valence-electron chi connectivity index (χ2n) is 6.43. The van der Waals surface area contributed by atoms with Crippen LogP contribution in [0.1, 0.15) is 15.9 Å². The topological polar surface area (TPSA) is 132 Å². The van der Waals surface area contributed by atoms with E-state index in [9.17, 15) is 30.7 Å². The molecule has 11 heteroatoms. The quantitative estimate of drug-likeness (QED) is 0.519. The highest BCUT2D eigenvalue weighted by molar-refractivity contribution is 7.86. The van der Waals surface area contributed by atoms with Crippen molar-refractivity contribution in [2.75, 3.05) is 38.0 Å². The number of hydrogen-bond donors (Lipinski definition) is 2. The minimum atomic E-state index is -4.73. The molecule has 0 amide bonds. The molecule has 0 heterocycles. The standard InChI is InChI=1S/C17H20N2O7S2/c1-18(2)12-6-7-13(15(10-12)27(21,22)23)17(20)11-5-8-14(19(3)4)16(9-11)28(24,25)26/h5-10H,1-4H3,(H,21,22,23)(H,24,25,26). The number of benzene rings is 2. The Bertz CT molecular complexity index is 1140. The van der Waals surface area contributed by atoms with Crippen LogP contribution in [0.3, 0.4) is 0 Å². The number of anilines is 2. The summed E-state index contributed by atoms with van der Waals surface area (Å²) in [7, 11) is -2.94. The fraction of sp³-hybridized carbons (Fsp3) is 0.235. The molecule has 152 valence electrons. The van der Waals surface area contributed by atoms with Gasteiger partial charge in [-0.3, -0.25) is 13.9 Å². The van der Waals surface area contributed by atoms with Crippen molar-refractivity contribution in [3.63, 3.8) is 0 Å². The molecule has 0 saturated heterocycles. The molecule has 28 heavy (non-hydrogen) atoms. The van der Waals surface area contributed by atoms with Crippen LogP contribution in [0.4, 0.5) is 11.4 Å². The Balaban J connectivity index is 2.71. The highest BCUT2D eigenvalue weighted by atomic mass is 32.2. The molecule has 2 aromatic rings. The first-order chi connectivity index (χ1) is 12.7. The highest BCUT2D eigenvalue weighted by Gasteiger charge is 2.25. The Morgan fingerprint density at radius 1 is 0.786 bits per heavy atom. The molecule has 0 saturated carbocycles. The van der Waals surface area contributed by atoms with Crippen LogP contribution in [-0.2, 0) is 20.2 Å². The summed E-state index contributed by atoms with van der Waals surface area (Å²) in [6.45, 7) is 0. The van der Waals surface area contributed by atoms with Gasteiger partial charge in [-0.25, -0.2) is 0 Å². The largest absolute Gasteiger partial charge is 0.378 e. The van der Waals surface area contributed by atoms with E-state index < -0.39 is 35.8 Å². The van der Waals surface area contributed by atoms with E-state index in [0.29, 0.717) is 5.69 Å². The van der Waals surface area contributed by atoms with Crippen LogP contribution in [0.5, 0.6) is 0 Å². The summed E-state index contributed by atoms with van der Waals surface area (Å²) < 4.78 is 65.9. The minimum Gasteiger partial charge on any atom is -0.378 e. The van der Waals surface area contributed by atoms with Crippen LogP contribution >= 0.6 is 0 Å². The monoisotopic (exact) mass is 428 g/mol. The smallest absolute Gasteiger partial charge is 0.296 e. The maximum Gasteiger partial charge on any atom is 0.296 e. The summed E-state index contributed by atoms with van der Waals surface area (Å²) in [5.74, 6) is -0.826. The highest BCUT2D eigenvalue weighted by Crippen LogP contribution is 2.29. The maximum atomic E-state index is 12.9. The summed E-state index contributed by atoms with van der Waals surface area (Å²) in [4.78, 5) is 14.8. The van der Waals surface area contributed by atoms with Crippen molar-refractivity contribution in [1.29, 1.82) is 0 Å². The average Bonchev–Trinajstić information content (AvgIpc) is 2.58. The molecule has 2 aromatic carbocycles. The van der Waals surface area contributed by atoms with Crippen LogP contribution in [0.15, 0.2) is 46.2 Å². The van der Waals surface area contributed by atoms with Crippen molar-refractivity contribution < 1.29 is 30.7 Å². The Hall–Kier alpha value is -2.47. The molecule has 0 aliphatic heterocycles. The van der Waals surface area contributed by atoms with Gasteiger partial charge in [-0.15, -0.1) is 0 Å². The van der Waals surface area contributed by atoms with Gasteiger partial charge in [-0.2, -0.15) is 16.8 Å². The number of hydrogen-bond acceptors (Lipinski definition) is 7. The summed E-state index contributed by atoms with van der Waals surface area (Å²) in [5, 5.41) is 0. The SMILES string of the molecule is CN(C)c1ccc(C(=O)c2ccc(N(C)C)c(S(=O)(=O)O)c2)c(S(=O)(=O)O)c1. The van der Waals surface area contributed by atoms with Crippen molar-refractivity contribution >= 4 is 37.4 Å². The minimum absolute atomic E-state index is 0.150. The molecule has 0 spiro atoms. The molecule has 0 fully saturated rings. The van der Waals surface area contributed by atoms with Crippen molar-refractivity contribution in [1.82, 2.24) is 0 Å². The number of rotatable bonds is 6. The molecule has 0 radical (unpaired) electrons. The molecular formula is C17H20N2O7S2. The summed E-state index contributed by atoms with van der Waals surface area (Å²) in [6, 6.07) is 7.44. The number of carbonyl (C=O) groups is 1. The van der Waals surface area contributed by atoms with E-state index in [1.54, 1.807) is 33.1 Å². The molecule has 2 N–H and O–H groups in total. The predicted molar refractivity (Wildman–Crippen MR) is 105 cm³/mol. The van der Waals surface area contributed by atoms with E-state index in [4.69, 9.17) is 0 Å². The van der Waals surface area contributed by atoms with Crippen LogP contribution in [0.25, 0.3) is 0 Å². The molecule has 2 rings (SSSR count). The van der Waals surface area contributed by atoms with E-state index in [2.05, 4.69) is 0 Å². The lowest BCUT2D eigenvalue weighted by molar-refractivity contribution is 0.103. The van der Waals surface area contributed by atoms with Crippen molar-refractivity contribution in [2.45, 2.75) is 9.79 Å². The van der Waals surface area contributed by atoms with E-state index in [1.807, 2.05) is 0 Å². The first-order valence-corrected chi connectivity index (χ1v) is 10.7. The second-order valence-corrected chi connectivity index (χ2v) is 9.21. The Kier molecular flexibility index (Phi) is 5.85. The predicted octanol–water partition coefficient (Wildman–Crippen LogP) is 1.54. The molecule has 0 aromatic heterocycles. The van der Waals surface area contributed by atoms with Gasteiger partial charge in [-0.05, 0) is 36.4 Å². The maximum absolute atomic E-state index is 12.9. The van der Waals surface area contributed by atoms with Gasteiger partial charge in [0.2, 0.25) is 0 Å². The molecule has 0 aliphatic rings. The summed E-state index contributed by atoms with van der Waals surface area (Å²) >= 11 is 0. The van der Waals surface area contributed by atoms with Gasteiger partial charge >= 0.3 is 0 Å². The first kappa shape index (κ1) is 21.8. The lowest BCUT2D eigenvalue weighted by Gasteiger charge is -2.17. The van der Waals surface area contributed by atoms with Gasteiger partial charge in [0.25, 0.3) is 20.2 Å². The van der Waals surface area contributed by atoms with E-state index >= 15 is 0 Å². The van der Waals surface area contributed by atoms with Crippen LogP contribution in [0, 0.1) is 0 Å². The van der Waals surface area contributed by atoms with Crippen LogP contribution in [0.2, 0.25) is 0 Å². The van der Waals surface area contributed by atoms with Crippen molar-refractivity contribution in [3.05, 3.63) is 47.5 Å². The lowest BCUT2D eigenvalue weighted by Crippen LogP contribution is -2.16. The fourth-order valence-electron chi connectivity index (χ4n) is 2.58. The first-order valence-electron chi connectivity index (χ1n) is 7.86. The third-order valence-corrected chi connectivity index (χ3v) is 5.76. The van der Waals surface area contributed by atoms with Gasteiger partial charge in [0.15, 0.2) is 5.78 Å². The number of nitrogens with zero attached hydrogens (tertiary/aromatic N) is 2. The number of carbonyl (C=O) groups excluding carboxylic acids is 1. The van der Waals surface area contributed by atoms with Gasteiger partial charge in [0.1, 0.15) is 9.79 Å². The van der Waals surface area contributed by atoms with Crippen LogP contribution in [-0.4, -0.2) is 59.9 Å². The summed E-state index contributed by atoms with van der Waals surface area (Å²) in [5.41, 5.74) is 0.0930. The van der Waals surface area contributed by atoms with Gasteiger partial charge in [0.05, 0.1) is 5.69 Å². The normalized spacial score (nSPS) is 11.9. The Labute approximate surface area is 163 Å². The number of ketones is 1. The molecule has 0 unspecified atom stereocenters. The third-order valence-electron chi connectivity index (χ3n) is 3.99. The second kappa shape index (κ2) is 7.51. The lowest BCUT2D eigenvalue weighted by atomic mass is 10.0. The van der Waals surface area contributed by atoms with Gasteiger partial charge in [-0.1, -0.05) is 0 Å². The molecular weight excluding hydrogens is 408 g/mol. The Morgan fingerprint density at radius 3 is 1.82 bits per heavy atom. The molecule has 0 bridgehead atoms. The van der Waals surface area contributed by atoms with Crippen molar-refractivity contribution in [3.8, 4) is 0 Å². The van der Waals surface area contributed by atoms with Gasteiger partial charge in [0, 0.05) is 45.0 Å². The third kappa shape index (κ3) is 4.50. The van der Waals surface area contributed by atoms with Gasteiger partial charge < -0.3 is 9.80 Å². The van der Waals surface area contributed by atoms with E-state index in [-0.39, 0.29) is 16.8 Å². The zero-order chi connectivity index (χ0) is 21.4. The average molecular weight is 428 g/mol. The zero-order valence-corrected chi connectivity index (χ0v) is 17.2. The summed E-state index contributed by atoms with van der Waals surface area (Å²) in [6.07, 6.45) is 0.